The minimum absolute atomic E-state index is 0.00259. The van der Waals surface area contributed by atoms with Crippen molar-refractivity contribution < 1.29 is 4.79 Å². The van der Waals surface area contributed by atoms with Gasteiger partial charge < -0.3 is 15.4 Å². The van der Waals surface area contributed by atoms with E-state index in [0.717, 1.165) is 25.8 Å². The molecule has 14 heavy (non-hydrogen) atoms. The summed E-state index contributed by atoms with van der Waals surface area (Å²) in [5, 5.41) is 6.70. The van der Waals surface area contributed by atoms with Gasteiger partial charge in [-0.1, -0.05) is 0 Å². The summed E-state index contributed by atoms with van der Waals surface area (Å²) in [7, 11) is 0. The van der Waals surface area contributed by atoms with Gasteiger partial charge in [-0.25, -0.2) is 0 Å². The standard InChI is InChI=1S/C11H22N2O/c1-11(2,3)13-10(8-14)9-5-4-6-12-7-9/h8-10,12-13H,4-7H2,1-3H3. The smallest absolute Gasteiger partial charge is 0.137 e. The van der Waals surface area contributed by atoms with Crippen LogP contribution in [0.3, 0.4) is 0 Å². The Morgan fingerprint density at radius 2 is 2.21 bits per heavy atom. The lowest BCUT2D eigenvalue weighted by Crippen LogP contribution is -2.51. The molecule has 0 radical (unpaired) electrons. The second-order valence-corrected chi connectivity index (χ2v) is 5.16. The van der Waals surface area contributed by atoms with Crippen molar-refractivity contribution in [2.24, 2.45) is 5.92 Å². The van der Waals surface area contributed by atoms with Crippen molar-refractivity contribution in [3.05, 3.63) is 0 Å². The van der Waals surface area contributed by atoms with Crippen LogP contribution in [0.5, 0.6) is 0 Å². The minimum atomic E-state index is 0.00259. The van der Waals surface area contributed by atoms with Crippen LogP contribution in [0, 0.1) is 5.92 Å². The average molecular weight is 198 g/mol. The Bertz CT molecular complexity index is 180. The molecule has 0 spiro atoms. The summed E-state index contributed by atoms with van der Waals surface area (Å²) in [4.78, 5) is 11.0. The molecule has 0 aromatic rings. The van der Waals surface area contributed by atoms with Crippen LogP contribution in [0.15, 0.2) is 0 Å². The lowest BCUT2D eigenvalue weighted by molar-refractivity contribution is -0.111. The van der Waals surface area contributed by atoms with E-state index in [-0.39, 0.29) is 11.6 Å². The number of carbonyl (C=O) groups is 1. The molecule has 1 saturated heterocycles. The van der Waals surface area contributed by atoms with Gasteiger partial charge in [0.05, 0.1) is 6.04 Å². The van der Waals surface area contributed by atoms with Gasteiger partial charge in [0.1, 0.15) is 6.29 Å². The summed E-state index contributed by atoms with van der Waals surface area (Å²) >= 11 is 0. The molecule has 2 N–H and O–H groups in total. The van der Waals surface area contributed by atoms with E-state index in [0.29, 0.717) is 5.92 Å². The second-order valence-electron chi connectivity index (χ2n) is 5.16. The fraction of sp³-hybridized carbons (Fsp3) is 0.909. The van der Waals surface area contributed by atoms with Crippen molar-refractivity contribution in [1.82, 2.24) is 10.6 Å². The van der Waals surface area contributed by atoms with Crippen LogP contribution in [-0.4, -0.2) is 31.0 Å². The van der Waals surface area contributed by atoms with E-state index in [4.69, 9.17) is 0 Å². The van der Waals surface area contributed by atoms with E-state index >= 15 is 0 Å². The molecular formula is C11H22N2O. The van der Waals surface area contributed by atoms with E-state index in [1.54, 1.807) is 0 Å². The maximum absolute atomic E-state index is 11.0. The van der Waals surface area contributed by atoms with Gasteiger partial charge in [-0.05, 0) is 52.6 Å². The number of carbonyl (C=O) groups excluding carboxylic acids is 1. The molecular weight excluding hydrogens is 176 g/mol. The van der Waals surface area contributed by atoms with Gasteiger partial charge in [0.25, 0.3) is 0 Å². The van der Waals surface area contributed by atoms with Crippen molar-refractivity contribution in [1.29, 1.82) is 0 Å². The first kappa shape index (κ1) is 11.7. The molecule has 1 fully saturated rings. The summed E-state index contributed by atoms with van der Waals surface area (Å²) < 4.78 is 0. The van der Waals surface area contributed by atoms with Gasteiger partial charge in [-0.15, -0.1) is 0 Å². The van der Waals surface area contributed by atoms with E-state index < -0.39 is 0 Å². The highest BCUT2D eigenvalue weighted by Gasteiger charge is 2.26. The third-order valence-electron chi connectivity index (χ3n) is 2.59. The van der Waals surface area contributed by atoms with Crippen LogP contribution in [0.4, 0.5) is 0 Å². The highest BCUT2D eigenvalue weighted by atomic mass is 16.1. The number of aldehydes is 1. The molecule has 0 saturated carbocycles. The summed E-state index contributed by atoms with van der Waals surface area (Å²) in [6.07, 6.45) is 3.39. The molecule has 2 atom stereocenters. The molecule has 3 heteroatoms. The third kappa shape index (κ3) is 3.76. The number of hydrogen-bond acceptors (Lipinski definition) is 3. The minimum Gasteiger partial charge on any atom is -0.316 e. The first-order chi connectivity index (χ1) is 6.53. The Morgan fingerprint density at radius 3 is 2.64 bits per heavy atom. The quantitative estimate of drug-likeness (QED) is 0.663. The molecule has 1 aliphatic heterocycles. The molecule has 2 unspecified atom stereocenters. The SMILES string of the molecule is CC(C)(C)NC(C=O)C1CCCNC1. The van der Waals surface area contributed by atoms with Crippen molar-refractivity contribution in [2.75, 3.05) is 13.1 Å². The van der Waals surface area contributed by atoms with Crippen LogP contribution in [0.2, 0.25) is 0 Å². The first-order valence-electron chi connectivity index (χ1n) is 5.46. The van der Waals surface area contributed by atoms with Crippen molar-refractivity contribution >= 4 is 6.29 Å². The molecule has 1 aliphatic rings. The molecule has 0 aromatic carbocycles. The van der Waals surface area contributed by atoms with Gasteiger partial charge in [-0.2, -0.15) is 0 Å². The Labute approximate surface area is 86.6 Å². The van der Waals surface area contributed by atoms with Gasteiger partial charge in [0.15, 0.2) is 0 Å². The second kappa shape index (κ2) is 4.89. The van der Waals surface area contributed by atoms with E-state index in [2.05, 4.69) is 31.4 Å². The summed E-state index contributed by atoms with van der Waals surface area (Å²) in [5.41, 5.74) is 0.0169. The van der Waals surface area contributed by atoms with Crippen LogP contribution >= 0.6 is 0 Å². The monoisotopic (exact) mass is 198 g/mol. The number of nitrogens with one attached hydrogen (secondary N) is 2. The summed E-state index contributed by atoms with van der Waals surface area (Å²) in [6, 6.07) is 0.00259. The fourth-order valence-corrected chi connectivity index (χ4v) is 1.95. The van der Waals surface area contributed by atoms with Gasteiger partial charge >= 0.3 is 0 Å². The number of rotatable bonds is 3. The average Bonchev–Trinajstić information content (AvgIpc) is 2.14. The number of hydrogen-bond donors (Lipinski definition) is 2. The molecule has 0 aliphatic carbocycles. The highest BCUT2D eigenvalue weighted by Crippen LogP contribution is 2.15. The van der Waals surface area contributed by atoms with Crippen LogP contribution in [-0.2, 0) is 4.79 Å². The van der Waals surface area contributed by atoms with Gasteiger partial charge in [0, 0.05) is 5.54 Å². The highest BCUT2D eigenvalue weighted by molar-refractivity contribution is 5.58. The Balaban J connectivity index is 2.47. The molecule has 1 heterocycles. The first-order valence-corrected chi connectivity index (χ1v) is 5.46. The van der Waals surface area contributed by atoms with Crippen LogP contribution in [0.25, 0.3) is 0 Å². The third-order valence-corrected chi connectivity index (χ3v) is 2.59. The van der Waals surface area contributed by atoms with E-state index in [9.17, 15) is 4.79 Å². The molecule has 82 valence electrons. The summed E-state index contributed by atoms with van der Waals surface area (Å²) in [6.45, 7) is 8.35. The topological polar surface area (TPSA) is 41.1 Å². The van der Waals surface area contributed by atoms with E-state index in [1.165, 1.54) is 6.42 Å². The lowest BCUT2D eigenvalue weighted by Gasteiger charge is -2.33. The normalized spacial score (nSPS) is 25.8. The molecule has 3 nitrogen and oxygen atoms in total. The fourth-order valence-electron chi connectivity index (χ4n) is 1.95. The summed E-state index contributed by atoms with van der Waals surface area (Å²) in [5.74, 6) is 0.459. The zero-order valence-electron chi connectivity index (χ0n) is 9.47. The Hall–Kier alpha value is -0.410. The van der Waals surface area contributed by atoms with Crippen molar-refractivity contribution in [3.63, 3.8) is 0 Å². The van der Waals surface area contributed by atoms with Crippen molar-refractivity contribution in [2.45, 2.75) is 45.2 Å². The zero-order chi connectivity index (χ0) is 10.6. The number of piperidine rings is 1. The van der Waals surface area contributed by atoms with Crippen molar-refractivity contribution in [3.8, 4) is 0 Å². The van der Waals surface area contributed by atoms with Gasteiger partial charge in [-0.3, -0.25) is 0 Å². The van der Waals surface area contributed by atoms with E-state index in [1.807, 2.05) is 0 Å². The predicted octanol–water partition coefficient (Wildman–Crippen LogP) is 0.942. The molecule has 0 amide bonds. The van der Waals surface area contributed by atoms with Crippen LogP contribution in [0.1, 0.15) is 33.6 Å². The molecule has 1 rings (SSSR count). The van der Waals surface area contributed by atoms with Gasteiger partial charge in [0.2, 0.25) is 0 Å². The maximum Gasteiger partial charge on any atom is 0.137 e. The molecule has 0 bridgehead atoms. The lowest BCUT2D eigenvalue weighted by atomic mass is 9.91. The maximum atomic E-state index is 11.0. The zero-order valence-corrected chi connectivity index (χ0v) is 9.47. The Kier molecular flexibility index (Phi) is 4.08. The predicted molar refractivity (Wildman–Crippen MR) is 58.3 cm³/mol. The largest absolute Gasteiger partial charge is 0.316 e. The molecule has 0 aromatic heterocycles. The Morgan fingerprint density at radius 1 is 1.50 bits per heavy atom. The van der Waals surface area contributed by atoms with Crippen LogP contribution < -0.4 is 10.6 Å².